The minimum atomic E-state index is -0.974. The van der Waals surface area contributed by atoms with Crippen LogP contribution in [-0.2, 0) is 23.2 Å². The number of allylic oxidation sites excluding steroid dienone is 8. The maximum Gasteiger partial charge on any atom is -1.00 e. The van der Waals surface area contributed by atoms with Crippen molar-refractivity contribution < 1.29 is 48.0 Å². The summed E-state index contributed by atoms with van der Waals surface area (Å²) in [5, 5.41) is 0. The van der Waals surface area contributed by atoms with E-state index in [-0.39, 0.29) is 35.6 Å². The van der Waals surface area contributed by atoms with E-state index in [4.69, 9.17) is 0 Å². The molecule has 2 fully saturated rings. The summed E-state index contributed by atoms with van der Waals surface area (Å²) in [7, 11) is 0. The molecule has 0 spiro atoms. The summed E-state index contributed by atoms with van der Waals surface area (Å²) in [6.07, 6.45) is 24.5. The second-order valence-corrected chi connectivity index (χ2v) is 18.2. The standard InChI is InChI=1S/2C17H27.2ClH.Zr/c2*1-14-9-12-16(5,13-14)17(15(2,3)4)10-7-6-8-11-17;;;/h2*9,12H,6-8,10-11H2,1-5H3;2*1H;/q;;;;+2/p-2. The Morgan fingerprint density at radius 2 is 0.865 bits per heavy atom. The second-order valence-electron chi connectivity index (χ2n) is 15.1. The van der Waals surface area contributed by atoms with E-state index >= 15 is 0 Å². The van der Waals surface area contributed by atoms with Crippen LogP contribution in [0.15, 0.2) is 42.0 Å². The maximum atomic E-state index is 2.69. The first-order chi connectivity index (χ1) is 16.2. The second kappa shape index (κ2) is 11.4. The van der Waals surface area contributed by atoms with Crippen LogP contribution in [0.4, 0.5) is 0 Å². The van der Waals surface area contributed by atoms with Crippen molar-refractivity contribution in [3.63, 3.8) is 0 Å². The fraction of sp³-hybridized carbons (Fsp3) is 0.765. The molecule has 2 atom stereocenters. The van der Waals surface area contributed by atoms with Gasteiger partial charge in [-0.05, 0) is 0 Å². The summed E-state index contributed by atoms with van der Waals surface area (Å²) in [6.45, 7) is 25.6. The quantitative estimate of drug-likeness (QED) is 0.423. The zero-order chi connectivity index (χ0) is 25.9. The van der Waals surface area contributed by atoms with Crippen molar-refractivity contribution in [2.75, 3.05) is 0 Å². The van der Waals surface area contributed by atoms with Gasteiger partial charge < -0.3 is 24.8 Å². The number of hydrogen-bond acceptors (Lipinski definition) is 0. The van der Waals surface area contributed by atoms with Crippen molar-refractivity contribution in [2.24, 2.45) is 32.5 Å². The molecule has 0 radical (unpaired) electrons. The third-order valence-corrected chi connectivity index (χ3v) is 17.4. The Morgan fingerprint density at radius 1 is 0.568 bits per heavy atom. The molecule has 4 aliphatic rings. The summed E-state index contributed by atoms with van der Waals surface area (Å²) < 4.78 is 3.81. The van der Waals surface area contributed by atoms with Gasteiger partial charge in [-0.1, -0.05) is 0 Å². The fourth-order valence-corrected chi connectivity index (χ4v) is 14.4. The van der Waals surface area contributed by atoms with Gasteiger partial charge in [-0.15, -0.1) is 0 Å². The molecule has 4 rings (SSSR count). The molecule has 0 saturated heterocycles. The average Bonchev–Trinajstić information content (AvgIpc) is 3.26. The van der Waals surface area contributed by atoms with Gasteiger partial charge in [0, 0.05) is 0 Å². The Bertz CT molecular complexity index is 877. The first kappa shape index (κ1) is 33.6. The molecule has 0 N–H and O–H groups in total. The molecule has 0 aromatic heterocycles. The van der Waals surface area contributed by atoms with Gasteiger partial charge in [-0.25, -0.2) is 0 Å². The molecular weight excluding hydrogens is 571 g/mol. The van der Waals surface area contributed by atoms with Gasteiger partial charge in [-0.3, -0.25) is 0 Å². The van der Waals surface area contributed by atoms with E-state index in [0.29, 0.717) is 21.7 Å². The van der Waals surface area contributed by atoms with E-state index in [2.05, 4.69) is 93.5 Å². The smallest absolute Gasteiger partial charge is 1.00 e. The third kappa shape index (κ3) is 5.05. The molecule has 0 aromatic rings. The van der Waals surface area contributed by atoms with Gasteiger partial charge in [0.15, 0.2) is 0 Å². The predicted octanol–water partition coefficient (Wildman–Crippen LogP) is 4.77. The van der Waals surface area contributed by atoms with E-state index in [0.717, 1.165) is 0 Å². The van der Waals surface area contributed by atoms with E-state index in [9.17, 15) is 0 Å². The number of halogens is 2. The normalized spacial score (nSPS) is 31.2. The first-order valence-electron chi connectivity index (χ1n) is 14.7. The van der Waals surface area contributed by atoms with Crippen LogP contribution < -0.4 is 24.8 Å². The largest absolute Gasteiger partial charge is 1.00 e. The van der Waals surface area contributed by atoms with Crippen molar-refractivity contribution >= 4 is 0 Å². The minimum Gasteiger partial charge on any atom is -1.00 e. The Balaban J connectivity index is 0.00000241. The van der Waals surface area contributed by atoms with Crippen LogP contribution in [0.25, 0.3) is 0 Å². The van der Waals surface area contributed by atoms with E-state index < -0.39 is 23.2 Å². The number of hydrogen-bond donors (Lipinski definition) is 0. The third-order valence-electron chi connectivity index (χ3n) is 11.7. The molecule has 0 nitrogen and oxygen atoms in total. The van der Waals surface area contributed by atoms with Crippen LogP contribution in [0.5, 0.6) is 0 Å². The van der Waals surface area contributed by atoms with E-state index in [1.54, 1.807) is 11.1 Å². The Kier molecular flexibility index (Phi) is 10.3. The Labute approximate surface area is 254 Å². The molecular formula is C34H54Cl2Zr. The molecule has 0 heterocycles. The van der Waals surface area contributed by atoms with Gasteiger partial charge >= 0.3 is 231 Å². The summed E-state index contributed by atoms with van der Waals surface area (Å²) >= 11 is -0.974. The molecule has 0 aliphatic heterocycles. The molecule has 2 saturated carbocycles. The average molecular weight is 625 g/mol. The first-order valence-corrected chi connectivity index (χ1v) is 17.2. The Morgan fingerprint density at radius 3 is 1.14 bits per heavy atom. The number of rotatable bonds is 4. The van der Waals surface area contributed by atoms with Gasteiger partial charge in [0.1, 0.15) is 0 Å². The topological polar surface area (TPSA) is 0 Å². The van der Waals surface area contributed by atoms with Crippen LogP contribution in [-0.4, -0.2) is 0 Å². The van der Waals surface area contributed by atoms with Crippen LogP contribution in [0.2, 0.25) is 0 Å². The van der Waals surface area contributed by atoms with Crippen molar-refractivity contribution in [2.45, 2.75) is 133 Å². The monoisotopic (exact) mass is 622 g/mol. The van der Waals surface area contributed by atoms with Gasteiger partial charge in [0.05, 0.1) is 0 Å². The van der Waals surface area contributed by atoms with Gasteiger partial charge in [0.25, 0.3) is 0 Å². The minimum absolute atomic E-state index is 0. The molecule has 3 heteroatoms. The molecule has 37 heavy (non-hydrogen) atoms. The molecule has 208 valence electrons. The zero-order valence-corrected chi connectivity index (χ0v) is 29.6. The van der Waals surface area contributed by atoms with Crippen LogP contribution in [0, 0.1) is 32.5 Å². The fourth-order valence-electron chi connectivity index (χ4n) is 9.52. The summed E-state index contributed by atoms with van der Waals surface area (Å²) in [5.41, 5.74) is 5.09. The predicted molar refractivity (Wildman–Crippen MR) is 150 cm³/mol. The maximum absolute atomic E-state index is 2.69. The van der Waals surface area contributed by atoms with Crippen molar-refractivity contribution in [1.82, 2.24) is 0 Å². The SMILES string of the molecule is CC1=[C]([Zr+2][C]2=C(C)C=CC2(C)C2(C(C)(C)C)CCCCC2)C(C)(C2(C(C)(C)C)CCCCC2)C=C1.[Cl-].[Cl-]. The zero-order valence-electron chi connectivity index (χ0n) is 25.6. The van der Waals surface area contributed by atoms with Gasteiger partial charge in [0.2, 0.25) is 0 Å². The Hall–Kier alpha value is 0.423. The van der Waals surface area contributed by atoms with Crippen LogP contribution in [0.3, 0.4) is 0 Å². The molecule has 0 amide bonds. The molecule has 2 unspecified atom stereocenters. The van der Waals surface area contributed by atoms with Crippen molar-refractivity contribution in [1.29, 1.82) is 0 Å². The molecule has 0 aromatic carbocycles. The van der Waals surface area contributed by atoms with E-state index in [1.165, 1.54) is 64.2 Å². The van der Waals surface area contributed by atoms with Crippen molar-refractivity contribution in [3.8, 4) is 0 Å². The summed E-state index contributed by atoms with van der Waals surface area (Å²) in [4.78, 5) is 0. The van der Waals surface area contributed by atoms with E-state index in [1.807, 2.05) is 6.56 Å². The summed E-state index contributed by atoms with van der Waals surface area (Å²) in [5.74, 6) is 0. The van der Waals surface area contributed by atoms with Crippen LogP contribution in [0.1, 0.15) is 133 Å². The molecule has 0 bridgehead atoms. The summed E-state index contributed by atoms with van der Waals surface area (Å²) in [6, 6.07) is 0. The molecule has 4 aliphatic carbocycles. The van der Waals surface area contributed by atoms with Gasteiger partial charge in [-0.2, -0.15) is 0 Å². The van der Waals surface area contributed by atoms with Crippen LogP contribution >= 0.6 is 0 Å². The van der Waals surface area contributed by atoms with Crippen molar-refractivity contribution in [3.05, 3.63) is 42.0 Å².